The first-order valence-electron chi connectivity index (χ1n) is 19.0. The minimum Gasteiger partial charge on any atom is -0.507 e. The number of phenols is 2. The molecule has 0 radical (unpaired) electrons. The zero-order valence-electron chi connectivity index (χ0n) is 32.5. The van der Waals surface area contributed by atoms with Gasteiger partial charge in [0.25, 0.3) is 5.91 Å². The molecule has 5 rings (SSSR count). The Balaban J connectivity index is 1.49. The van der Waals surface area contributed by atoms with Crippen molar-refractivity contribution >= 4 is 46.9 Å². The quantitative estimate of drug-likeness (QED) is 0.0976. The summed E-state index contributed by atoms with van der Waals surface area (Å²) in [6.07, 6.45) is 1.02. The number of amides is 5. The van der Waals surface area contributed by atoms with Gasteiger partial charge in [0.05, 0.1) is 6.54 Å². The lowest BCUT2D eigenvalue weighted by Gasteiger charge is -2.32. The summed E-state index contributed by atoms with van der Waals surface area (Å²) in [5, 5.41) is 32.9. The first-order valence-corrected chi connectivity index (χ1v) is 19.3. The minimum absolute atomic E-state index is 0.0824. The summed E-state index contributed by atoms with van der Waals surface area (Å²) < 4.78 is 12.8. The smallest absolute Gasteiger partial charge is 0.251 e. The van der Waals surface area contributed by atoms with Crippen LogP contribution in [0.4, 0.5) is 4.39 Å². The molecule has 16 heteroatoms. The van der Waals surface area contributed by atoms with E-state index in [-0.39, 0.29) is 46.6 Å². The van der Waals surface area contributed by atoms with Crippen molar-refractivity contribution in [1.29, 1.82) is 0 Å². The fourth-order valence-corrected chi connectivity index (χ4v) is 6.82. The number of benzene rings is 4. The van der Waals surface area contributed by atoms with Gasteiger partial charge in [-0.25, -0.2) is 4.39 Å². The summed E-state index contributed by atoms with van der Waals surface area (Å²) in [4.78, 5) is 81.9. The van der Waals surface area contributed by atoms with E-state index in [0.29, 0.717) is 30.0 Å². The molecule has 0 unspecified atom stereocenters. The third kappa shape index (κ3) is 11.0. The summed E-state index contributed by atoms with van der Waals surface area (Å²) in [5.74, 6) is -5.05. The Hall–Kier alpha value is -6.32. The second-order valence-corrected chi connectivity index (χ2v) is 14.7. The van der Waals surface area contributed by atoms with Gasteiger partial charge in [-0.05, 0) is 104 Å². The van der Waals surface area contributed by atoms with Crippen LogP contribution in [0.15, 0.2) is 84.9 Å². The molecule has 4 atom stereocenters. The molecule has 1 aliphatic rings. The van der Waals surface area contributed by atoms with Crippen molar-refractivity contribution in [3.63, 3.8) is 0 Å². The third-order valence-electron chi connectivity index (χ3n) is 9.98. The van der Waals surface area contributed by atoms with Crippen LogP contribution in [0.25, 0.3) is 22.3 Å². The van der Waals surface area contributed by atoms with Crippen LogP contribution in [-0.4, -0.2) is 95.4 Å². The number of Topliss-reactive ketones (excluding diaryl/α,β-unsaturated/α-hetero) is 1. The summed E-state index contributed by atoms with van der Waals surface area (Å²) in [5.41, 5.74) is 8.57. The number of alkyl halides is 1. The van der Waals surface area contributed by atoms with Crippen LogP contribution in [0, 0.1) is 0 Å². The van der Waals surface area contributed by atoms with E-state index in [0.717, 1.165) is 16.0 Å². The highest BCUT2D eigenvalue weighted by atomic mass is 35.5. The molecular weight excluding hydrogens is 783 g/mol. The molecule has 5 amide bonds. The number of halogens is 2. The zero-order valence-corrected chi connectivity index (χ0v) is 33.2. The van der Waals surface area contributed by atoms with E-state index >= 15 is 0 Å². The first-order chi connectivity index (χ1) is 28.2. The molecule has 1 heterocycles. The Morgan fingerprint density at radius 1 is 0.881 bits per heavy atom. The van der Waals surface area contributed by atoms with Crippen LogP contribution in [0.1, 0.15) is 53.7 Å². The van der Waals surface area contributed by atoms with E-state index in [4.69, 9.17) is 17.3 Å². The fourth-order valence-electron chi connectivity index (χ4n) is 6.69. The van der Waals surface area contributed by atoms with Gasteiger partial charge < -0.3 is 42.1 Å². The average Bonchev–Trinajstić information content (AvgIpc) is 3.23. The van der Waals surface area contributed by atoms with Crippen molar-refractivity contribution in [3.8, 4) is 33.8 Å². The van der Waals surface area contributed by atoms with Gasteiger partial charge in [-0.2, -0.15) is 0 Å². The number of nitrogens with one attached hydrogen (secondary N) is 4. The monoisotopic (exact) mass is 828 g/mol. The summed E-state index contributed by atoms with van der Waals surface area (Å²) in [6.45, 7) is -0.219. The van der Waals surface area contributed by atoms with Crippen molar-refractivity contribution < 1.29 is 43.4 Å². The molecule has 4 aromatic rings. The van der Waals surface area contributed by atoms with E-state index < -0.39 is 72.7 Å². The Kier molecular flexibility index (Phi) is 14.8. The summed E-state index contributed by atoms with van der Waals surface area (Å²) >= 11 is 6.03. The van der Waals surface area contributed by atoms with Crippen LogP contribution in [0.5, 0.6) is 11.5 Å². The Labute approximate surface area is 345 Å². The molecule has 59 heavy (non-hydrogen) atoms. The minimum atomic E-state index is -1.45. The number of likely N-dealkylation sites (N-methyl/N-ethyl adjacent to an activating group) is 1. The van der Waals surface area contributed by atoms with Gasteiger partial charge in [0.15, 0.2) is 5.78 Å². The van der Waals surface area contributed by atoms with E-state index in [1.165, 1.54) is 50.4 Å². The van der Waals surface area contributed by atoms with Gasteiger partial charge in [-0.1, -0.05) is 48.0 Å². The van der Waals surface area contributed by atoms with Crippen LogP contribution in [-0.2, 0) is 30.4 Å². The van der Waals surface area contributed by atoms with Gasteiger partial charge in [0.1, 0.15) is 42.3 Å². The zero-order chi connectivity index (χ0) is 42.8. The number of hydrogen-bond donors (Lipinski definition) is 7. The molecular formula is C43H46ClFN6O8. The predicted octanol–water partition coefficient (Wildman–Crippen LogP) is 3.71. The van der Waals surface area contributed by atoms with Crippen LogP contribution in [0.3, 0.4) is 0 Å². The SMILES string of the molecule is C[C@@H]1NC(=O)[C@@H](N(C)C(=O)[C@H](CCCCN)NC(=O)c2ccc(-c3ccc(Cl)cc3)cc2)c2ccc(O)c(c2)-c2cc(ccc2O)C[C@@H](C(=O)NCC(=O)CF)NC1=O. The summed E-state index contributed by atoms with van der Waals surface area (Å²) in [7, 11) is 1.37. The maximum absolute atomic E-state index is 14.5. The number of ketones is 1. The maximum Gasteiger partial charge on any atom is 0.251 e. The Bertz CT molecular complexity index is 2200. The highest BCUT2D eigenvalue weighted by Crippen LogP contribution is 2.39. The lowest BCUT2D eigenvalue weighted by atomic mass is 9.93. The Morgan fingerprint density at radius 3 is 2.15 bits per heavy atom. The van der Waals surface area contributed by atoms with Crippen molar-refractivity contribution in [2.75, 3.05) is 26.8 Å². The number of phenolic OH excluding ortho intramolecular Hbond substituents is 2. The van der Waals surface area contributed by atoms with E-state index in [1.54, 1.807) is 36.4 Å². The van der Waals surface area contributed by atoms with E-state index in [1.807, 2.05) is 12.1 Å². The molecule has 14 nitrogen and oxygen atoms in total. The average molecular weight is 829 g/mol. The number of unbranched alkanes of at least 4 members (excludes halogenated alkanes) is 1. The van der Waals surface area contributed by atoms with Gasteiger partial charge in [0.2, 0.25) is 23.6 Å². The molecule has 0 aromatic heterocycles. The fraction of sp³-hybridized carbons (Fsp3) is 0.302. The molecule has 8 N–H and O–H groups in total. The molecule has 0 fully saturated rings. The summed E-state index contributed by atoms with van der Waals surface area (Å²) in [6, 6.07) is 17.3. The second kappa shape index (κ2) is 19.9. The number of nitrogens with two attached hydrogens (primary N) is 1. The molecule has 1 aliphatic heterocycles. The third-order valence-corrected chi connectivity index (χ3v) is 10.2. The molecule has 310 valence electrons. The normalized spacial score (nSPS) is 17.1. The van der Waals surface area contributed by atoms with Crippen molar-refractivity contribution in [3.05, 3.63) is 107 Å². The molecule has 0 saturated heterocycles. The number of aromatic hydroxyl groups is 2. The van der Waals surface area contributed by atoms with Crippen molar-refractivity contribution in [2.45, 2.75) is 56.8 Å². The van der Waals surface area contributed by atoms with E-state index in [9.17, 15) is 43.4 Å². The van der Waals surface area contributed by atoms with Gasteiger partial charge in [-0.3, -0.25) is 28.8 Å². The van der Waals surface area contributed by atoms with Gasteiger partial charge in [0, 0.05) is 35.2 Å². The molecule has 4 bridgehead atoms. The van der Waals surface area contributed by atoms with Crippen LogP contribution in [0.2, 0.25) is 5.02 Å². The number of carbonyl (C=O) groups is 6. The number of hydrogen-bond acceptors (Lipinski definition) is 9. The maximum atomic E-state index is 14.5. The lowest BCUT2D eigenvalue weighted by molar-refractivity contribution is -0.141. The number of nitrogens with zero attached hydrogens (tertiary/aromatic N) is 1. The standard InChI is InChI=1S/C43H46ClFN6O8/c1-24-39(55)50-35(41(57)47-23-31(52)22-45)20-25-6-16-36(53)32(19-25)33-21-29(13-17-37(33)54)38(42(58)48-24)51(2)43(59)34(5-3-4-18-46)49-40(56)28-9-7-26(8-10-28)27-11-14-30(44)15-12-27/h6-17,19,21,24,34-35,38,53-54H,3-5,18,20,22-23,46H2,1-2H3,(H,47,57)(H,48,58)(H,49,56)(H,50,55)/t24-,34-,35-,38-/m0/s1. The van der Waals surface area contributed by atoms with Crippen LogP contribution >= 0.6 is 11.6 Å². The van der Waals surface area contributed by atoms with Gasteiger partial charge >= 0.3 is 0 Å². The van der Waals surface area contributed by atoms with Crippen LogP contribution < -0.4 is 27.0 Å². The van der Waals surface area contributed by atoms with E-state index in [2.05, 4.69) is 21.3 Å². The molecule has 0 saturated carbocycles. The largest absolute Gasteiger partial charge is 0.507 e. The Morgan fingerprint density at radius 2 is 1.51 bits per heavy atom. The highest BCUT2D eigenvalue weighted by molar-refractivity contribution is 6.30. The molecule has 0 spiro atoms. The second-order valence-electron chi connectivity index (χ2n) is 14.3. The van der Waals surface area contributed by atoms with Gasteiger partial charge in [-0.15, -0.1) is 0 Å². The highest BCUT2D eigenvalue weighted by Gasteiger charge is 2.36. The topological polar surface area (TPSA) is 220 Å². The lowest BCUT2D eigenvalue weighted by Crippen LogP contribution is -2.56. The first kappa shape index (κ1) is 43.8. The number of fused-ring (bicyclic) bond motifs is 5. The number of carbonyl (C=O) groups excluding carboxylic acids is 6. The van der Waals surface area contributed by atoms with Crippen molar-refractivity contribution in [2.24, 2.45) is 5.73 Å². The van der Waals surface area contributed by atoms with Crippen molar-refractivity contribution in [1.82, 2.24) is 26.2 Å². The predicted molar refractivity (Wildman–Crippen MR) is 219 cm³/mol. The molecule has 4 aromatic carbocycles. The molecule has 0 aliphatic carbocycles. The number of rotatable bonds is 13.